The molecule has 2 fully saturated rings. The van der Waals surface area contributed by atoms with Crippen LogP contribution in [0.2, 0.25) is 0 Å². The van der Waals surface area contributed by atoms with E-state index in [4.69, 9.17) is 10.5 Å². The number of hydrogen-bond acceptors (Lipinski definition) is 3. The van der Waals surface area contributed by atoms with Gasteiger partial charge in [0.2, 0.25) is 0 Å². The van der Waals surface area contributed by atoms with Gasteiger partial charge in [-0.1, -0.05) is 18.9 Å². The maximum Gasteiger partial charge on any atom is 0.120 e. The number of nitrogens with zero attached hydrogens (tertiary/aromatic N) is 1. The van der Waals surface area contributed by atoms with Crippen LogP contribution in [0.25, 0.3) is 0 Å². The van der Waals surface area contributed by atoms with Crippen LogP contribution in [0, 0.1) is 5.92 Å². The summed E-state index contributed by atoms with van der Waals surface area (Å²) >= 11 is 0. The summed E-state index contributed by atoms with van der Waals surface area (Å²) in [5, 5.41) is 0. The molecule has 1 aliphatic carbocycles. The van der Waals surface area contributed by atoms with E-state index in [9.17, 15) is 0 Å². The van der Waals surface area contributed by atoms with Crippen LogP contribution in [0.4, 0.5) is 5.69 Å². The second-order valence-electron chi connectivity index (χ2n) is 6.15. The molecule has 0 aromatic heterocycles. The Morgan fingerprint density at radius 3 is 2.70 bits per heavy atom. The zero-order valence-electron chi connectivity index (χ0n) is 12.5. The Kier molecular flexibility index (Phi) is 4.16. The molecule has 1 heterocycles. The molecule has 0 amide bonds. The Morgan fingerprint density at radius 2 is 2.00 bits per heavy atom. The largest absolute Gasteiger partial charge is 0.497 e. The summed E-state index contributed by atoms with van der Waals surface area (Å²) in [5.41, 5.74) is 8.49. The molecule has 1 aromatic rings. The number of nitrogens with two attached hydrogens (primary N) is 1. The van der Waals surface area contributed by atoms with Gasteiger partial charge in [0.15, 0.2) is 0 Å². The van der Waals surface area contributed by atoms with E-state index in [1.807, 2.05) is 6.07 Å². The third-order valence-corrected chi connectivity index (χ3v) is 5.07. The number of methoxy groups -OCH3 is 1. The van der Waals surface area contributed by atoms with Crippen molar-refractivity contribution in [3.63, 3.8) is 0 Å². The van der Waals surface area contributed by atoms with Gasteiger partial charge in [0.1, 0.15) is 5.75 Å². The molecular formula is C17H26N2O. The predicted molar refractivity (Wildman–Crippen MR) is 83.2 cm³/mol. The van der Waals surface area contributed by atoms with E-state index in [-0.39, 0.29) is 0 Å². The molecule has 0 spiro atoms. The van der Waals surface area contributed by atoms with Crippen molar-refractivity contribution in [3.05, 3.63) is 23.8 Å². The van der Waals surface area contributed by atoms with Gasteiger partial charge in [-0.05, 0) is 43.2 Å². The van der Waals surface area contributed by atoms with Crippen molar-refractivity contribution in [2.75, 3.05) is 18.6 Å². The van der Waals surface area contributed by atoms with Gasteiger partial charge in [0.05, 0.1) is 7.11 Å². The SMILES string of the molecule is COc1ccc(CN)c(N2CCCC2C2CCCC2)c1. The highest BCUT2D eigenvalue weighted by Gasteiger charge is 2.34. The van der Waals surface area contributed by atoms with E-state index in [1.54, 1.807) is 7.11 Å². The van der Waals surface area contributed by atoms with Crippen molar-refractivity contribution < 1.29 is 4.74 Å². The monoisotopic (exact) mass is 274 g/mol. The lowest BCUT2D eigenvalue weighted by Gasteiger charge is -2.33. The van der Waals surface area contributed by atoms with Gasteiger partial charge in [-0.3, -0.25) is 0 Å². The molecule has 2 N–H and O–H groups in total. The Labute approximate surface area is 122 Å². The van der Waals surface area contributed by atoms with Crippen LogP contribution in [0.15, 0.2) is 18.2 Å². The van der Waals surface area contributed by atoms with Gasteiger partial charge in [-0.25, -0.2) is 0 Å². The van der Waals surface area contributed by atoms with Gasteiger partial charge >= 0.3 is 0 Å². The zero-order valence-corrected chi connectivity index (χ0v) is 12.5. The van der Waals surface area contributed by atoms with Crippen molar-refractivity contribution in [2.45, 2.75) is 51.1 Å². The Balaban J connectivity index is 1.89. The highest BCUT2D eigenvalue weighted by atomic mass is 16.5. The fraction of sp³-hybridized carbons (Fsp3) is 0.647. The summed E-state index contributed by atoms with van der Waals surface area (Å²) in [7, 11) is 1.74. The maximum atomic E-state index is 5.94. The Bertz CT molecular complexity index is 454. The van der Waals surface area contributed by atoms with Crippen LogP contribution in [-0.2, 0) is 6.54 Å². The first-order chi connectivity index (χ1) is 9.83. The molecule has 3 nitrogen and oxygen atoms in total. The third-order valence-electron chi connectivity index (χ3n) is 5.07. The standard InChI is InChI=1S/C17H26N2O/c1-20-15-9-8-14(12-18)17(11-15)19-10-4-7-16(19)13-5-2-3-6-13/h8-9,11,13,16H,2-7,10,12,18H2,1H3. The van der Waals surface area contributed by atoms with Gasteiger partial charge in [0, 0.05) is 30.9 Å². The average Bonchev–Trinajstić information content (AvgIpc) is 3.16. The number of hydrogen-bond donors (Lipinski definition) is 1. The van der Waals surface area contributed by atoms with Crippen LogP contribution in [0.3, 0.4) is 0 Å². The second kappa shape index (κ2) is 6.04. The summed E-state index contributed by atoms with van der Waals surface area (Å²) < 4.78 is 5.41. The summed E-state index contributed by atoms with van der Waals surface area (Å²) in [6.45, 7) is 1.77. The van der Waals surface area contributed by atoms with Gasteiger partial charge < -0.3 is 15.4 Å². The van der Waals surface area contributed by atoms with Gasteiger partial charge in [-0.2, -0.15) is 0 Å². The molecule has 1 saturated heterocycles. The molecule has 1 saturated carbocycles. The fourth-order valence-corrected chi connectivity index (χ4v) is 4.03. The van der Waals surface area contributed by atoms with Gasteiger partial charge in [-0.15, -0.1) is 0 Å². The van der Waals surface area contributed by atoms with Crippen molar-refractivity contribution in [3.8, 4) is 5.75 Å². The molecule has 110 valence electrons. The highest BCUT2D eigenvalue weighted by molar-refractivity contribution is 5.58. The molecule has 3 heteroatoms. The van der Waals surface area contributed by atoms with Crippen molar-refractivity contribution in [1.29, 1.82) is 0 Å². The summed E-state index contributed by atoms with van der Waals surface area (Å²) in [5.74, 6) is 1.82. The lowest BCUT2D eigenvalue weighted by atomic mass is 9.95. The molecule has 20 heavy (non-hydrogen) atoms. The lowest BCUT2D eigenvalue weighted by Crippen LogP contribution is -2.35. The molecule has 1 unspecified atom stereocenters. The molecular weight excluding hydrogens is 248 g/mol. The highest BCUT2D eigenvalue weighted by Crippen LogP contribution is 2.39. The quantitative estimate of drug-likeness (QED) is 0.915. The average molecular weight is 274 g/mol. The number of benzene rings is 1. The Morgan fingerprint density at radius 1 is 1.20 bits per heavy atom. The lowest BCUT2D eigenvalue weighted by molar-refractivity contribution is 0.412. The van der Waals surface area contributed by atoms with Gasteiger partial charge in [0.25, 0.3) is 0 Å². The first-order valence-corrected chi connectivity index (χ1v) is 7.97. The van der Waals surface area contributed by atoms with Crippen LogP contribution < -0.4 is 15.4 Å². The minimum atomic E-state index is 0.604. The first-order valence-electron chi connectivity index (χ1n) is 7.97. The molecule has 1 aliphatic heterocycles. The zero-order chi connectivity index (χ0) is 13.9. The topological polar surface area (TPSA) is 38.5 Å². The van der Waals surface area contributed by atoms with Crippen LogP contribution in [0.5, 0.6) is 5.75 Å². The fourth-order valence-electron chi connectivity index (χ4n) is 4.03. The van der Waals surface area contributed by atoms with E-state index in [1.165, 1.54) is 56.3 Å². The third kappa shape index (κ3) is 2.51. The van der Waals surface area contributed by atoms with Crippen molar-refractivity contribution in [1.82, 2.24) is 0 Å². The molecule has 1 atom stereocenters. The first kappa shape index (κ1) is 13.7. The summed E-state index contributed by atoms with van der Waals surface area (Å²) in [4.78, 5) is 2.61. The van der Waals surface area contributed by atoms with Crippen LogP contribution in [0.1, 0.15) is 44.1 Å². The molecule has 0 bridgehead atoms. The number of rotatable bonds is 4. The normalized spacial score (nSPS) is 23.5. The summed E-state index contributed by atoms with van der Waals surface area (Å²) in [6, 6.07) is 7.04. The second-order valence-corrected chi connectivity index (χ2v) is 6.15. The smallest absolute Gasteiger partial charge is 0.120 e. The maximum absolute atomic E-state index is 5.94. The molecule has 1 aromatic carbocycles. The minimum absolute atomic E-state index is 0.604. The molecule has 0 radical (unpaired) electrons. The molecule has 3 rings (SSSR count). The minimum Gasteiger partial charge on any atom is -0.497 e. The summed E-state index contributed by atoms with van der Waals surface area (Å²) in [6.07, 6.45) is 8.29. The van der Waals surface area contributed by atoms with Crippen LogP contribution >= 0.6 is 0 Å². The Hall–Kier alpha value is -1.22. The van der Waals surface area contributed by atoms with Crippen LogP contribution in [-0.4, -0.2) is 19.7 Å². The van der Waals surface area contributed by atoms with E-state index >= 15 is 0 Å². The van der Waals surface area contributed by atoms with E-state index in [0.717, 1.165) is 17.7 Å². The van der Waals surface area contributed by atoms with Crippen molar-refractivity contribution in [2.24, 2.45) is 11.7 Å². The number of ether oxygens (including phenoxy) is 1. The predicted octanol–water partition coefficient (Wildman–Crippen LogP) is 3.31. The van der Waals surface area contributed by atoms with E-state index in [2.05, 4.69) is 17.0 Å². The van der Waals surface area contributed by atoms with E-state index in [0.29, 0.717) is 6.54 Å². The van der Waals surface area contributed by atoms with Crippen molar-refractivity contribution >= 4 is 5.69 Å². The number of anilines is 1. The van der Waals surface area contributed by atoms with E-state index < -0.39 is 0 Å². The molecule has 2 aliphatic rings.